The van der Waals surface area contributed by atoms with Gasteiger partial charge in [0.25, 0.3) is 0 Å². The van der Waals surface area contributed by atoms with E-state index in [1.807, 2.05) is 18.9 Å². The largest absolute Gasteiger partial charge is 0.368 e. The highest BCUT2D eigenvalue weighted by atomic mass is 19.1. The van der Waals surface area contributed by atoms with Crippen LogP contribution in [0.25, 0.3) is 0 Å². The number of rotatable bonds is 6. The van der Waals surface area contributed by atoms with Gasteiger partial charge in [-0.3, -0.25) is 0 Å². The summed E-state index contributed by atoms with van der Waals surface area (Å²) in [6.45, 7) is 13.9. The minimum atomic E-state index is -1.25. The Morgan fingerprint density at radius 2 is 2.00 bits per heavy atom. The predicted molar refractivity (Wildman–Crippen MR) is 90.9 cm³/mol. The van der Waals surface area contributed by atoms with E-state index in [0.29, 0.717) is 5.92 Å². The molecule has 0 aromatic carbocycles. The van der Waals surface area contributed by atoms with Gasteiger partial charge >= 0.3 is 0 Å². The molecule has 0 saturated heterocycles. The Balaban J connectivity index is 3.00. The molecule has 0 bridgehead atoms. The fourth-order valence-electron chi connectivity index (χ4n) is 3.02. The zero-order valence-corrected chi connectivity index (χ0v) is 14.4. The van der Waals surface area contributed by atoms with E-state index in [1.165, 1.54) is 5.57 Å². The first-order valence-corrected chi connectivity index (χ1v) is 7.92. The molecule has 2 heteroatoms. The lowest BCUT2D eigenvalue weighted by Crippen LogP contribution is -2.44. The molecule has 1 nitrogen and oxygen atoms in total. The van der Waals surface area contributed by atoms with Crippen LogP contribution in [-0.4, -0.2) is 23.7 Å². The second-order valence-electron chi connectivity index (χ2n) is 6.41. The Hall–Kier alpha value is -1.31. The third-order valence-electron chi connectivity index (χ3n) is 4.44. The molecule has 0 aromatic rings. The molecule has 2 atom stereocenters. The van der Waals surface area contributed by atoms with Gasteiger partial charge in [0.2, 0.25) is 0 Å². The number of hydrogen-bond acceptors (Lipinski definition) is 1. The van der Waals surface area contributed by atoms with Gasteiger partial charge in [-0.15, -0.1) is 0 Å². The molecule has 0 saturated carbocycles. The molecule has 0 fully saturated rings. The van der Waals surface area contributed by atoms with Crippen LogP contribution in [0.15, 0.2) is 47.7 Å². The Morgan fingerprint density at radius 3 is 2.48 bits per heavy atom. The van der Waals surface area contributed by atoms with Crippen molar-refractivity contribution < 1.29 is 4.39 Å². The fourth-order valence-corrected chi connectivity index (χ4v) is 3.02. The van der Waals surface area contributed by atoms with Crippen LogP contribution >= 0.6 is 0 Å². The minimum absolute atomic E-state index is 0.172. The van der Waals surface area contributed by atoms with Crippen LogP contribution in [0.3, 0.4) is 0 Å². The zero-order valence-electron chi connectivity index (χ0n) is 14.4. The highest BCUT2D eigenvalue weighted by molar-refractivity contribution is 5.43. The maximum atomic E-state index is 14.4. The van der Waals surface area contributed by atoms with Crippen molar-refractivity contribution in [3.8, 4) is 0 Å². The number of allylic oxidation sites excluding steroid dienone is 5. The number of likely N-dealkylation sites (N-methyl/N-ethyl adjacent to an activating group) is 1. The molecular weight excluding hydrogens is 261 g/mol. The molecule has 0 aliphatic heterocycles. The summed E-state index contributed by atoms with van der Waals surface area (Å²) in [6.07, 6.45) is 10.4. The lowest BCUT2D eigenvalue weighted by Gasteiger charge is -2.37. The summed E-state index contributed by atoms with van der Waals surface area (Å²) in [5.41, 5.74) is 2.11. The number of alkyl halides is 1. The van der Waals surface area contributed by atoms with Crippen LogP contribution < -0.4 is 0 Å². The van der Waals surface area contributed by atoms with Crippen molar-refractivity contribution in [3.05, 3.63) is 47.7 Å². The van der Waals surface area contributed by atoms with Crippen LogP contribution in [0.4, 0.5) is 4.39 Å². The van der Waals surface area contributed by atoms with Crippen molar-refractivity contribution in [1.82, 2.24) is 4.90 Å². The lowest BCUT2D eigenvalue weighted by atomic mass is 9.95. The van der Waals surface area contributed by atoms with Gasteiger partial charge in [-0.2, -0.15) is 0 Å². The van der Waals surface area contributed by atoms with Crippen LogP contribution in [0, 0.1) is 5.92 Å². The van der Waals surface area contributed by atoms with Gasteiger partial charge in [-0.05, 0) is 38.2 Å². The molecule has 2 unspecified atom stereocenters. The van der Waals surface area contributed by atoms with E-state index in [0.717, 1.165) is 24.1 Å². The van der Waals surface area contributed by atoms with Crippen molar-refractivity contribution >= 4 is 0 Å². The summed E-state index contributed by atoms with van der Waals surface area (Å²) in [6, 6.07) is -0.172. The van der Waals surface area contributed by atoms with Crippen LogP contribution in [0.1, 0.15) is 47.5 Å². The number of halogens is 1. The van der Waals surface area contributed by atoms with Crippen molar-refractivity contribution in [3.63, 3.8) is 0 Å². The molecular formula is C19H30FN. The molecule has 118 valence electrons. The highest BCUT2D eigenvalue weighted by Gasteiger charge is 2.32. The van der Waals surface area contributed by atoms with Crippen LogP contribution in [-0.2, 0) is 0 Å². The lowest BCUT2D eigenvalue weighted by molar-refractivity contribution is 0.0858. The van der Waals surface area contributed by atoms with E-state index in [-0.39, 0.29) is 6.04 Å². The topological polar surface area (TPSA) is 3.24 Å². The summed E-state index contributed by atoms with van der Waals surface area (Å²) >= 11 is 0. The molecule has 0 N–H and O–H groups in total. The first-order valence-electron chi connectivity index (χ1n) is 7.92. The second-order valence-corrected chi connectivity index (χ2v) is 6.41. The summed E-state index contributed by atoms with van der Waals surface area (Å²) in [5.74, 6) is 0.446. The Bertz CT molecular complexity index is 462. The summed E-state index contributed by atoms with van der Waals surface area (Å²) < 4.78 is 14.4. The van der Waals surface area contributed by atoms with Gasteiger partial charge in [0.15, 0.2) is 0 Å². The van der Waals surface area contributed by atoms with E-state index < -0.39 is 5.67 Å². The predicted octanol–water partition coefficient (Wildman–Crippen LogP) is 5.43. The first kappa shape index (κ1) is 17.7. The van der Waals surface area contributed by atoms with E-state index in [2.05, 4.69) is 44.7 Å². The number of hydrogen-bond donors (Lipinski definition) is 0. The zero-order chi connectivity index (χ0) is 16.2. The molecule has 0 heterocycles. The van der Waals surface area contributed by atoms with Crippen molar-refractivity contribution in [2.45, 2.75) is 59.2 Å². The molecule has 0 spiro atoms. The molecule has 1 rings (SSSR count). The molecule has 0 amide bonds. The minimum Gasteiger partial charge on any atom is -0.368 e. The number of nitrogens with zero attached hydrogens (tertiary/aromatic N) is 1. The first-order chi connectivity index (χ1) is 9.72. The van der Waals surface area contributed by atoms with Gasteiger partial charge in [0, 0.05) is 12.7 Å². The average Bonchev–Trinajstić information content (AvgIpc) is 2.58. The molecule has 21 heavy (non-hydrogen) atoms. The van der Waals surface area contributed by atoms with Crippen molar-refractivity contribution in [2.75, 3.05) is 7.05 Å². The van der Waals surface area contributed by atoms with Gasteiger partial charge in [-0.25, -0.2) is 4.39 Å². The quantitative estimate of drug-likeness (QED) is 0.631. The Morgan fingerprint density at radius 1 is 1.38 bits per heavy atom. The Labute approximate surface area is 129 Å². The van der Waals surface area contributed by atoms with Gasteiger partial charge in [0.1, 0.15) is 5.67 Å². The third kappa shape index (κ3) is 4.33. The van der Waals surface area contributed by atoms with Gasteiger partial charge < -0.3 is 4.90 Å². The highest BCUT2D eigenvalue weighted by Crippen LogP contribution is 2.29. The maximum Gasteiger partial charge on any atom is 0.125 e. The normalized spacial score (nSPS) is 20.4. The van der Waals surface area contributed by atoms with E-state index in [9.17, 15) is 4.39 Å². The summed E-state index contributed by atoms with van der Waals surface area (Å²) in [5, 5.41) is 0. The summed E-state index contributed by atoms with van der Waals surface area (Å²) in [4.78, 5) is 1.98. The maximum absolute atomic E-state index is 14.4. The summed E-state index contributed by atoms with van der Waals surface area (Å²) in [7, 11) is 1.94. The van der Waals surface area contributed by atoms with Crippen LogP contribution in [0.2, 0.25) is 0 Å². The van der Waals surface area contributed by atoms with E-state index in [1.54, 1.807) is 13.8 Å². The van der Waals surface area contributed by atoms with Crippen molar-refractivity contribution in [2.24, 2.45) is 5.92 Å². The van der Waals surface area contributed by atoms with E-state index in [4.69, 9.17) is 0 Å². The molecule has 1 aliphatic carbocycles. The molecule has 1 aliphatic rings. The average molecular weight is 291 g/mol. The van der Waals surface area contributed by atoms with Gasteiger partial charge in [-0.1, -0.05) is 57.2 Å². The van der Waals surface area contributed by atoms with Crippen molar-refractivity contribution in [1.29, 1.82) is 0 Å². The molecule has 0 aromatic heterocycles. The Kier molecular flexibility index (Phi) is 6.00. The second kappa shape index (κ2) is 7.11. The SMILES string of the molecule is C=C(C1=CC=C(CC)C(C)C=C1)N(C)C(CC)C(C)(C)F. The van der Waals surface area contributed by atoms with E-state index >= 15 is 0 Å². The smallest absolute Gasteiger partial charge is 0.125 e. The van der Waals surface area contributed by atoms with Crippen LogP contribution in [0.5, 0.6) is 0 Å². The standard InChI is InChI=1S/C19H30FN/c1-8-16-12-13-17(11-10-14(16)3)15(4)21(7)18(9-2)19(5,6)20/h10-14,18H,4,8-9H2,1-3,5-7H3. The molecule has 0 radical (unpaired) electrons. The monoisotopic (exact) mass is 291 g/mol. The fraction of sp³-hybridized carbons (Fsp3) is 0.579. The third-order valence-corrected chi connectivity index (χ3v) is 4.44. The van der Waals surface area contributed by atoms with Gasteiger partial charge in [0.05, 0.1) is 6.04 Å².